The van der Waals surface area contributed by atoms with E-state index in [4.69, 9.17) is 0 Å². The van der Waals surface area contributed by atoms with Gasteiger partial charge in [0.2, 0.25) is 10.0 Å². The average Bonchev–Trinajstić information content (AvgIpc) is 2.88. The molecule has 18 heavy (non-hydrogen) atoms. The highest BCUT2D eigenvalue weighted by molar-refractivity contribution is 7.89. The van der Waals surface area contributed by atoms with Gasteiger partial charge in [0.1, 0.15) is 0 Å². The van der Waals surface area contributed by atoms with Crippen molar-refractivity contribution in [3.63, 3.8) is 0 Å². The molecular formula is C12H20N2O2S2. The van der Waals surface area contributed by atoms with Crippen molar-refractivity contribution < 1.29 is 8.42 Å². The molecule has 0 saturated carbocycles. The Labute approximate surface area is 113 Å². The molecule has 1 aliphatic rings. The Morgan fingerprint density at radius 3 is 2.56 bits per heavy atom. The van der Waals surface area contributed by atoms with Gasteiger partial charge < -0.3 is 5.32 Å². The van der Waals surface area contributed by atoms with Crippen molar-refractivity contribution in [2.45, 2.75) is 25.3 Å². The minimum atomic E-state index is -3.31. The third kappa shape index (κ3) is 2.47. The number of rotatable bonds is 4. The number of thiophene rings is 1. The molecule has 0 radical (unpaired) electrons. The largest absolute Gasteiger partial charge is 0.315 e. The lowest BCUT2D eigenvalue weighted by atomic mass is 10.0. The molecule has 1 aromatic heterocycles. The van der Waals surface area contributed by atoms with Crippen molar-refractivity contribution >= 4 is 21.4 Å². The summed E-state index contributed by atoms with van der Waals surface area (Å²) in [6.45, 7) is 6.10. The first kappa shape index (κ1) is 14.0. The number of sulfonamides is 1. The van der Waals surface area contributed by atoms with Crippen LogP contribution in [0.1, 0.15) is 18.7 Å². The lowest BCUT2D eigenvalue weighted by Crippen LogP contribution is -2.29. The normalized spacial score (nSPS) is 25.7. The zero-order valence-corrected chi connectivity index (χ0v) is 12.6. The van der Waals surface area contributed by atoms with Gasteiger partial charge in [-0.1, -0.05) is 13.8 Å². The molecule has 102 valence electrons. The molecule has 0 aromatic carbocycles. The summed E-state index contributed by atoms with van der Waals surface area (Å²) in [5, 5.41) is 4.87. The minimum Gasteiger partial charge on any atom is -0.315 e. The molecule has 0 amide bonds. The van der Waals surface area contributed by atoms with Crippen LogP contribution in [0.5, 0.6) is 0 Å². The molecule has 2 atom stereocenters. The number of hydrogen-bond acceptors (Lipinski definition) is 4. The lowest BCUT2D eigenvalue weighted by molar-refractivity contribution is 0.462. The van der Waals surface area contributed by atoms with Crippen molar-refractivity contribution in [2.24, 2.45) is 11.8 Å². The molecule has 1 aromatic rings. The maximum absolute atomic E-state index is 12.6. The van der Waals surface area contributed by atoms with Crippen LogP contribution in [0, 0.1) is 11.8 Å². The fourth-order valence-electron chi connectivity index (χ4n) is 2.26. The van der Waals surface area contributed by atoms with Gasteiger partial charge in [-0.15, -0.1) is 11.3 Å². The van der Waals surface area contributed by atoms with Gasteiger partial charge in [0.15, 0.2) is 0 Å². The van der Waals surface area contributed by atoms with Crippen LogP contribution in [0.25, 0.3) is 0 Å². The summed E-state index contributed by atoms with van der Waals surface area (Å²) in [5.74, 6) is 0.873. The van der Waals surface area contributed by atoms with Crippen LogP contribution in [-0.4, -0.2) is 32.9 Å². The number of hydrogen-bond donors (Lipinski definition) is 1. The summed E-state index contributed by atoms with van der Waals surface area (Å²) in [4.78, 5) is 1.37. The Kier molecular flexibility index (Phi) is 4.11. The van der Waals surface area contributed by atoms with E-state index >= 15 is 0 Å². The average molecular weight is 288 g/mol. The summed E-state index contributed by atoms with van der Waals surface area (Å²) < 4.78 is 26.8. The minimum absolute atomic E-state index is 0.436. The molecule has 4 nitrogen and oxygen atoms in total. The number of nitrogens with one attached hydrogen (secondary N) is 1. The van der Waals surface area contributed by atoms with E-state index < -0.39 is 10.0 Å². The number of nitrogens with zero attached hydrogens (tertiary/aromatic N) is 1. The maximum atomic E-state index is 12.6. The Balaban J connectivity index is 2.28. The van der Waals surface area contributed by atoms with Crippen LogP contribution in [0.15, 0.2) is 16.3 Å². The fourth-order valence-corrected chi connectivity index (χ4v) is 5.33. The van der Waals surface area contributed by atoms with Gasteiger partial charge in [0.05, 0.1) is 4.90 Å². The quantitative estimate of drug-likeness (QED) is 0.918. The van der Waals surface area contributed by atoms with Crippen LogP contribution < -0.4 is 5.32 Å². The lowest BCUT2D eigenvalue weighted by Gasteiger charge is -2.16. The Bertz CT molecular complexity index is 500. The van der Waals surface area contributed by atoms with Gasteiger partial charge in [0, 0.05) is 24.5 Å². The molecule has 1 N–H and O–H groups in total. The van der Waals surface area contributed by atoms with Gasteiger partial charge >= 0.3 is 0 Å². The molecule has 2 heterocycles. The second kappa shape index (κ2) is 5.28. The zero-order chi connectivity index (χ0) is 13.3. The van der Waals surface area contributed by atoms with E-state index in [-0.39, 0.29) is 0 Å². The first-order valence-electron chi connectivity index (χ1n) is 6.18. The van der Waals surface area contributed by atoms with E-state index in [0.717, 1.165) is 4.88 Å². The van der Waals surface area contributed by atoms with E-state index in [9.17, 15) is 8.42 Å². The van der Waals surface area contributed by atoms with Gasteiger partial charge in [-0.3, -0.25) is 0 Å². The second-order valence-corrected chi connectivity index (χ2v) is 7.92. The molecule has 0 bridgehead atoms. The molecule has 0 aliphatic carbocycles. The van der Waals surface area contributed by atoms with Gasteiger partial charge in [0.25, 0.3) is 0 Å². The zero-order valence-electron chi connectivity index (χ0n) is 11.0. The van der Waals surface area contributed by atoms with Gasteiger partial charge in [-0.05, 0) is 30.3 Å². The first-order valence-corrected chi connectivity index (χ1v) is 8.50. The van der Waals surface area contributed by atoms with Gasteiger partial charge in [-0.25, -0.2) is 8.42 Å². The summed E-state index contributed by atoms with van der Waals surface area (Å²) in [6, 6.07) is 1.72. The fraction of sp³-hybridized carbons (Fsp3) is 0.667. The molecular weight excluding hydrogens is 268 g/mol. The van der Waals surface area contributed by atoms with Crippen molar-refractivity contribution in [3.05, 3.63) is 16.3 Å². The summed E-state index contributed by atoms with van der Waals surface area (Å²) in [6.07, 6.45) is 0. The Morgan fingerprint density at radius 2 is 2.00 bits per heavy atom. The molecule has 1 aliphatic heterocycles. The predicted octanol–water partition coefficient (Wildman–Crippen LogP) is 1.74. The van der Waals surface area contributed by atoms with Gasteiger partial charge in [-0.2, -0.15) is 4.31 Å². The standard InChI is InChI=1S/C12H20N2O2S2/c1-9-7-14(8-10(9)2)18(15,16)12-4-5-17-11(12)6-13-3/h4-5,9-10,13H,6-8H2,1-3H3. The second-order valence-electron chi connectivity index (χ2n) is 5.01. The van der Waals surface area contributed by atoms with Crippen LogP contribution in [0.4, 0.5) is 0 Å². The van der Waals surface area contributed by atoms with Crippen molar-refractivity contribution in [1.82, 2.24) is 9.62 Å². The Hall–Kier alpha value is -0.430. The maximum Gasteiger partial charge on any atom is 0.244 e. The highest BCUT2D eigenvalue weighted by Crippen LogP contribution is 2.31. The predicted molar refractivity (Wildman–Crippen MR) is 74.2 cm³/mol. The van der Waals surface area contributed by atoms with Crippen LogP contribution >= 0.6 is 11.3 Å². The summed E-state index contributed by atoms with van der Waals surface area (Å²) in [5.41, 5.74) is 0. The van der Waals surface area contributed by atoms with Crippen molar-refractivity contribution in [1.29, 1.82) is 0 Å². The summed E-state index contributed by atoms with van der Waals surface area (Å²) in [7, 11) is -1.48. The molecule has 1 fully saturated rings. The molecule has 6 heteroatoms. The summed E-state index contributed by atoms with van der Waals surface area (Å²) >= 11 is 1.49. The topological polar surface area (TPSA) is 49.4 Å². The van der Waals surface area contributed by atoms with E-state index in [1.165, 1.54) is 11.3 Å². The monoisotopic (exact) mass is 288 g/mol. The van der Waals surface area contributed by atoms with E-state index in [1.54, 1.807) is 10.4 Å². The van der Waals surface area contributed by atoms with E-state index in [1.807, 2.05) is 12.4 Å². The SMILES string of the molecule is CNCc1sccc1S(=O)(=O)N1CC(C)C(C)C1. The third-order valence-corrected chi connectivity index (χ3v) is 6.58. The van der Waals surface area contributed by atoms with Crippen LogP contribution in [0.3, 0.4) is 0 Å². The molecule has 2 rings (SSSR count). The smallest absolute Gasteiger partial charge is 0.244 e. The van der Waals surface area contributed by atoms with Crippen LogP contribution in [-0.2, 0) is 16.6 Å². The first-order chi connectivity index (χ1) is 8.46. The Morgan fingerprint density at radius 1 is 1.39 bits per heavy atom. The van der Waals surface area contributed by atoms with Crippen molar-refractivity contribution in [2.75, 3.05) is 20.1 Å². The third-order valence-electron chi connectivity index (χ3n) is 3.61. The van der Waals surface area contributed by atoms with Crippen LogP contribution in [0.2, 0.25) is 0 Å². The molecule has 2 unspecified atom stereocenters. The molecule has 0 spiro atoms. The molecule has 1 saturated heterocycles. The van der Waals surface area contributed by atoms with Crippen molar-refractivity contribution in [3.8, 4) is 0 Å². The van der Waals surface area contributed by atoms with E-state index in [2.05, 4.69) is 19.2 Å². The highest BCUT2D eigenvalue weighted by Gasteiger charge is 2.36. The van der Waals surface area contributed by atoms with E-state index in [0.29, 0.717) is 36.4 Å². The highest BCUT2D eigenvalue weighted by atomic mass is 32.2.